The molecule has 1 fully saturated rings. The van der Waals surface area contributed by atoms with Gasteiger partial charge in [0.15, 0.2) is 0 Å². The van der Waals surface area contributed by atoms with Crippen LogP contribution in [0.3, 0.4) is 0 Å². The summed E-state index contributed by atoms with van der Waals surface area (Å²) >= 11 is 0. The van der Waals surface area contributed by atoms with Crippen LogP contribution in [0.5, 0.6) is 0 Å². The predicted molar refractivity (Wildman–Crippen MR) is 109 cm³/mol. The molecule has 0 spiro atoms. The Bertz CT molecular complexity index is 994. The zero-order chi connectivity index (χ0) is 22.5. The molecular formula is C22H31N3O3. The third-order valence-electron chi connectivity index (χ3n) is 7.40. The molecule has 3 amide bonds. The Balaban J connectivity index is 2.37. The molecule has 152 valence electrons. The molecule has 0 aromatic heterocycles. The second kappa shape index (κ2) is 5.58. The van der Waals surface area contributed by atoms with Crippen LogP contribution in [0.4, 0.5) is 5.69 Å². The normalized spacial score (nSPS) is 28.1. The zero-order valence-electron chi connectivity index (χ0n) is 19.2. The van der Waals surface area contributed by atoms with Crippen molar-refractivity contribution >= 4 is 23.4 Å². The van der Waals surface area contributed by atoms with E-state index < -0.39 is 40.1 Å². The van der Waals surface area contributed by atoms with Gasteiger partial charge in [-0.25, -0.2) is 0 Å². The van der Waals surface area contributed by atoms with Crippen LogP contribution >= 0.6 is 0 Å². The van der Waals surface area contributed by atoms with E-state index in [0.29, 0.717) is 16.8 Å². The molecule has 0 aliphatic carbocycles. The molecule has 0 saturated carbocycles. The first-order chi connectivity index (χ1) is 13.0. The van der Waals surface area contributed by atoms with Gasteiger partial charge in [0.05, 0.1) is 17.9 Å². The lowest BCUT2D eigenvalue weighted by molar-refractivity contribution is -0.159. The summed E-state index contributed by atoms with van der Waals surface area (Å²) < 4.78 is 9.38. The van der Waals surface area contributed by atoms with Crippen LogP contribution < -0.4 is 11.1 Å². The van der Waals surface area contributed by atoms with E-state index in [2.05, 4.69) is 5.32 Å². The Morgan fingerprint density at radius 3 is 2.04 bits per heavy atom. The molecule has 2 heterocycles. The molecule has 1 atom stereocenters. The number of benzene rings is 1. The standard InChI is InChI=1S/C22H31N3O3/c1-10-11(2)13-14(15(23)12(10)3)22(8,9)25(18(13)27)16-17(26)24-19(28)21(6,7)20(16,4)5/h16H,23H2,1-9H3,(H,24,26,28)/t16-/m1/s1/i16D. The van der Waals surface area contributed by atoms with E-state index in [1.165, 1.54) is 4.90 Å². The van der Waals surface area contributed by atoms with Gasteiger partial charge in [0, 0.05) is 16.7 Å². The number of rotatable bonds is 1. The van der Waals surface area contributed by atoms with Gasteiger partial charge in [-0.2, -0.15) is 0 Å². The van der Waals surface area contributed by atoms with Crippen LogP contribution in [0, 0.1) is 31.6 Å². The molecule has 3 N–H and O–H groups in total. The highest BCUT2D eigenvalue weighted by molar-refractivity contribution is 6.09. The van der Waals surface area contributed by atoms with Gasteiger partial charge in [0.1, 0.15) is 6.02 Å². The van der Waals surface area contributed by atoms with Crippen LogP contribution in [0.15, 0.2) is 0 Å². The van der Waals surface area contributed by atoms with Crippen molar-refractivity contribution in [2.45, 2.75) is 73.9 Å². The number of piperidine rings is 1. The fourth-order valence-electron chi connectivity index (χ4n) is 4.51. The first kappa shape index (κ1) is 19.0. The van der Waals surface area contributed by atoms with Crippen molar-refractivity contribution < 1.29 is 15.8 Å². The lowest BCUT2D eigenvalue weighted by Crippen LogP contribution is -2.70. The summed E-state index contributed by atoms with van der Waals surface area (Å²) in [7, 11) is 0. The quantitative estimate of drug-likeness (QED) is 0.573. The molecule has 3 rings (SSSR count). The minimum atomic E-state index is -2.01. The van der Waals surface area contributed by atoms with Gasteiger partial charge in [-0.15, -0.1) is 0 Å². The smallest absolute Gasteiger partial charge is 0.255 e. The van der Waals surface area contributed by atoms with Crippen LogP contribution in [-0.2, 0) is 15.1 Å². The van der Waals surface area contributed by atoms with Crippen LogP contribution in [-0.4, -0.2) is 28.6 Å². The van der Waals surface area contributed by atoms with Crippen LogP contribution in [0.25, 0.3) is 0 Å². The molecule has 1 aromatic carbocycles. The van der Waals surface area contributed by atoms with Gasteiger partial charge in [-0.05, 0) is 51.3 Å². The zero-order valence-corrected chi connectivity index (χ0v) is 18.2. The van der Waals surface area contributed by atoms with E-state index in [-0.39, 0.29) is 0 Å². The second-order valence-electron chi connectivity index (χ2n) is 9.62. The molecule has 1 saturated heterocycles. The first-order valence-corrected chi connectivity index (χ1v) is 9.57. The maximum Gasteiger partial charge on any atom is 0.255 e. The number of fused-ring (bicyclic) bond motifs is 1. The fraction of sp³-hybridized carbons (Fsp3) is 0.591. The summed E-state index contributed by atoms with van der Waals surface area (Å²) in [6.07, 6.45) is 0. The summed E-state index contributed by atoms with van der Waals surface area (Å²) in [6, 6.07) is -2.01. The minimum Gasteiger partial charge on any atom is -0.398 e. The van der Waals surface area contributed by atoms with Gasteiger partial charge in [-0.1, -0.05) is 27.7 Å². The third-order valence-corrected chi connectivity index (χ3v) is 7.40. The maximum absolute atomic E-state index is 13.8. The third kappa shape index (κ3) is 2.17. The highest BCUT2D eigenvalue weighted by Crippen LogP contribution is 2.53. The largest absolute Gasteiger partial charge is 0.398 e. The molecule has 6 heteroatoms. The Morgan fingerprint density at radius 2 is 1.50 bits per heavy atom. The maximum atomic E-state index is 13.8. The van der Waals surface area contributed by atoms with E-state index >= 15 is 0 Å². The van der Waals surface area contributed by atoms with Gasteiger partial charge in [0.25, 0.3) is 5.91 Å². The van der Waals surface area contributed by atoms with Crippen molar-refractivity contribution in [3.63, 3.8) is 0 Å². The number of nitrogen functional groups attached to an aromatic ring is 1. The van der Waals surface area contributed by atoms with Crippen LogP contribution in [0.2, 0.25) is 0 Å². The van der Waals surface area contributed by atoms with Gasteiger partial charge in [0.2, 0.25) is 11.8 Å². The number of carbonyl (C=O) groups excluding carboxylic acids is 3. The van der Waals surface area contributed by atoms with E-state index in [0.717, 1.165) is 16.7 Å². The monoisotopic (exact) mass is 386 g/mol. The molecule has 2 aliphatic heterocycles. The predicted octanol–water partition coefficient (Wildman–Crippen LogP) is 2.96. The Labute approximate surface area is 168 Å². The highest BCUT2D eigenvalue weighted by atomic mass is 16.2. The van der Waals surface area contributed by atoms with Gasteiger partial charge < -0.3 is 10.6 Å². The molecule has 0 radical (unpaired) electrons. The van der Waals surface area contributed by atoms with Crippen molar-refractivity contribution in [1.82, 2.24) is 10.2 Å². The Kier molecular flexibility index (Phi) is 3.78. The average molecular weight is 387 g/mol. The molecular weight excluding hydrogens is 354 g/mol. The minimum absolute atomic E-state index is 0.402. The topological polar surface area (TPSA) is 92.5 Å². The lowest BCUT2D eigenvalue weighted by Gasteiger charge is -2.53. The number of hydrogen-bond acceptors (Lipinski definition) is 4. The summed E-state index contributed by atoms with van der Waals surface area (Å²) in [4.78, 5) is 40.8. The Morgan fingerprint density at radius 1 is 0.964 bits per heavy atom. The summed E-state index contributed by atoms with van der Waals surface area (Å²) in [5, 5.41) is 2.34. The van der Waals surface area contributed by atoms with Crippen LogP contribution in [0.1, 0.15) is 75.5 Å². The molecule has 0 unspecified atom stereocenters. The van der Waals surface area contributed by atoms with E-state index in [4.69, 9.17) is 5.73 Å². The number of nitrogens with one attached hydrogen (secondary N) is 1. The van der Waals surface area contributed by atoms with Crippen molar-refractivity contribution in [3.05, 3.63) is 27.8 Å². The summed E-state index contributed by atoms with van der Waals surface area (Å²) in [5.74, 6) is -1.63. The fourth-order valence-corrected chi connectivity index (χ4v) is 4.51. The van der Waals surface area contributed by atoms with Crippen molar-refractivity contribution in [1.29, 1.82) is 0 Å². The molecule has 1 aromatic rings. The van der Waals surface area contributed by atoms with Crippen molar-refractivity contribution in [2.24, 2.45) is 10.8 Å². The Hall–Kier alpha value is -2.37. The van der Waals surface area contributed by atoms with Crippen molar-refractivity contribution in [3.8, 4) is 0 Å². The van der Waals surface area contributed by atoms with E-state index in [1.54, 1.807) is 27.7 Å². The number of nitrogens with two attached hydrogens (primary N) is 1. The van der Waals surface area contributed by atoms with E-state index in [1.807, 2.05) is 34.6 Å². The molecule has 0 bridgehead atoms. The summed E-state index contributed by atoms with van der Waals surface area (Å²) in [6.45, 7) is 16.1. The average Bonchev–Trinajstić information content (AvgIpc) is 2.81. The number of anilines is 1. The molecule has 6 nitrogen and oxygen atoms in total. The van der Waals surface area contributed by atoms with E-state index in [9.17, 15) is 15.8 Å². The molecule has 2 aliphatic rings. The highest BCUT2D eigenvalue weighted by Gasteiger charge is 2.62. The molecule has 28 heavy (non-hydrogen) atoms. The number of hydrogen-bond donors (Lipinski definition) is 2. The first-order valence-electron chi connectivity index (χ1n) is 10.1. The lowest BCUT2D eigenvalue weighted by atomic mass is 9.60. The number of carbonyl (C=O) groups is 3. The second-order valence-corrected chi connectivity index (χ2v) is 9.62. The number of imide groups is 1. The summed E-state index contributed by atoms with van der Waals surface area (Å²) in [5.41, 5.74) is 7.47. The SMILES string of the molecule is [2H][C@@]1(N2C(=O)c3c(C)c(C)c(C)c(N)c3C2(C)C)C(=O)NC(=O)C(C)(C)C1(C)C. The van der Waals surface area contributed by atoms with Crippen molar-refractivity contribution in [2.75, 3.05) is 5.73 Å². The number of nitrogens with zero attached hydrogens (tertiary/aromatic N) is 1. The van der Waals surface area contributed by atoms with Gasteiger partial charge in [-0.3, -0.25) is 19.7 Å². The number of amides is 3. The van der Waals surface area contributed by atoms with Gasteiger partial charge >= 0.3 is 0 Å².